The molecule has 0 saturated heterocycles. The zero-order chi connectivity index (χ0) is 16.4. The molecule has 1 aromatic rings. The highest BCUT2D eigenvalue weighted by Crippen LogP contribution is 2.10. The largest absolute Gasteiger partial charge is 0.492 e. The molecule has 3 N–H and O–H groups in total. The summed E-state index contributed by atoms with van der Waals surface area (Å²) in [5.41, 5.74) is 1.37. The monoisotopic (exact) mass is 434 g/mol. The van der Waals surface area contributed by atoms with Crippen LogP contribution in [0.2, 0.25) is 0 Å². The van der Waals surface area contributed by atoms with Crippen LogP contribution < -0.4 is 20.7 Å². The first-order chi connectivity index (χ1) is 10.4. The SMILES string of the molecule is CN=C(NCCNC(C)(C)C)NCCOc1ccc(C)cc1.I. The molecule has 1 rings (SSSR count). The molecule has 0 aromatic heterocycles. The molecule has 0 fully saturated rings. The van der Waals surface area contributed by atoms with Gasteiger partial charge >= 0.3 is 0 Å². The normalized spacial score (nSPS) is 11.6. The van der Waals surface area contributed by atoms with Crippen molar-refractivity contribution < 1.29 is 4.74 Å². The fourth-order valence-electron chi connectivity index (χ4n) is 1.81. The summed E-state index contributed by atoms with van der Waals surface area (Å²) < 4.78 is 5.67. The molecule has 0 aliphatic heterocycles. The molecule has 1 aromatic carbocycles. The van der Waals surface area contributed by atoms with Gasteiger partial charge < -0.3 is 20.7 Å². The van der Waals surface area contributed by atoms with Gasteiger partial charge in [-0.1, -0.05) is 17.7 Å². The van der Waals surface area contributed by atoms with Crippen LogP contribution in [-0.4, -0.2) is 44.8 Å². The third-order valence-corrected chi connectivity index (χ3v) is 2.98. The number of rotatable bonds is 7. The van der Waals surface area contributed by atoms with Crippen LogP contribution >= 0.6 is 24.0 Å². The fourth-order valence-corrected chi connectivity index (χ4v) is 1.81. The second-order valence-electron chi connectivity index (χ2n) is 6.26. The third kappa shape index (κ3) is 11.2. The predicted octanol–water partition coefficient (Wildman–Crippen LogP) is 2.54. The Bertz CT molecular complexity index is 455. The van der Waals surface area contributed by atoms with Crippen LogP contribution in [-0.2, 0) is 0 Å². The standard InChI is InChI=1S/C17H30N4O.HI/c1-14-6-8-15(9-7-14)22-13-12-20-16(18-5)19-10-11-21-17(2,3)4;/h6-9,21H,10-13H2,1-5H3,(H2,18,19,20);1H. The maximum atomic E-state index is 5.67. The van der Waals surface area contributed by atoms with E-state index in [1.54, 1.807) is 7.05 Å². The predicted molar refractivity (Wildman–Crippen MR) is 109 cm³/mol. The van der Waals surface area contributed by atoms with Crippen LogP contribution in [0.3, 0.4) is 0 Å². The van der Waals surface area contributed by atoms with Gasteiger partial charge in [0.05, 0.1) is 6.54 Å². The van der Waals surface area contributed by atoms with E-state index in [4.69, 9.17) is 4.74 Å². The number of nitrogens with zero attached hydrogens (tertiary/aromatic N) is 1. The Hall–Kier alpha value is -1.02. The number of ether oxygens (including phenoxy) is 1. The summed E-state index contributed by atoms with van der Waals surface area (Å²) in [5.74, 6) is 1.69. The van der Waals surface area contributed by atoms with Crippen LogP contribution in [0.4, 0.5) is 0 Å². The molecule has 0 heterocycles. The number of aliphatic imine (C=N–C) groups is 1. The van der Waals surface area contributed by atoms with Crippen molar-refractivity contribution in [1.29, 1.82) is 0 Å². The van der Waals surface area contributed by atoms with E-state index in [0.717, 1.165) is 24.8 Å². The maximum Gasteiger partial charge on any atom is 0.191 e. The Labute approximate surface area is 157 Å². The highest BCUT2D eigenvalue weighted by atomic mass is 127. The minimum Gasteiger partial charge on any atom is -0.492 e. The number of halogens is 1. The van der Waals surface area contributed by atoms with Crippen molar-refractivity contribution >= 4 is 29.9 Å². The Kier molecular flexibility index (Phi) is 11.0. The summed E-state index contributed by atoms with van der Waals surface area (Å²) in [7, 11) is 1.77. The first-order valence-corrected chi connectivity index (χ1v) is 7.80. The van der Waals surface area contributed by atoms with Crippen molar-refractivity contribution in [3.8, 4) is 5.75 Å². The van der Waals surface area contributed by atoms with Crippen LogP contribution in [0.15, 0.2) is 29.3 Å². The molecule has 0 bridgehead atoms. The van der Waals surface area contributed by atoms with Gasteiger partial charge in [-0.05, 0) is 39.8 Å². The molecule has 0 amide bonds. The lowest BCUT2D eigenvalue weighted by atomic mass is 10.1. The van der Waals surface area contributed by atoms with Gasteiger partial charge in [0.2, 0.25) is 0 Å². The van der Waals surface area contributed by atoms with Crippen molar-refractivity contribution in [1.82, 2.24) is 16.0 Å². The summed E-state index contributed by atoms with van der Waals surface area (Å²) in [6.45, 7) is 11.6. The number of guanidine groups is 1. The molecule has 6 heteroatoms. The topological polar surface area (TPSA) is 57.7 Å². The van der Waals surface area contributed by atoms with Gasteiger partial charge in [0.15, 0.2) is 5.96 Å². The second-order valence-corrected chi connectivity index (χ2v) is 6.26. The van der Waals surface area contributed by atoms with E-state index in [1.807, 2.05) is 24.3 Å². The van der Waals surface area contributed by atoms with E-state index in [1.165, 1.54) is 5.56 Å². The summed E-state index contributed by atoms with van der Waals surface area (Å²) in [4.78, 5) is 4.19. The van der Waals surface area contributed by atoms with Gasteiger partial charge in [0.1, 0.15) is 12.4 Å². The Morgan fingerprint density at radius 2 is 1.65 bits per heavy atom. The van der Waals surface area contributed by atoms with Crippen molar-refractivity contribution in [3.05, 3.63) is 29.8 Å². The van der Waals surface area contributed by atoms with Crippen LogP contribution in [0.25, 0.3) is 0 Å². The summed E-state index contributed by atoms with van der Waals surface area (Å²) in [5, 5.41) is 9.93. The third-order valence-electron chi connectivity index (χ3n) is 2.98. The zero-order valence-electron chi connectivity index (χ0n) is 14.9. The maximum absolute atomic E-state index is 5.67. The van der Waals surface area contributed by atoms with Crippen LogP contribution in [0.1, 0.15) is 26.3 Å². The number of hydrogen-bond acceptors (Lipinski definition) is 3. The van der Waals surface area contributed by atoms with Crippen LogP contribution in [0, 0.1) is 6.92 Å². The zero-order valence-corrected chi connectivity index (χ0v) is 17.2. The van der Waals surface area contributed by atoms with Crippen molar-refractivity contribution in [2.24, 2.45) is 4.99 Å². The lowest BCUT2D eigenvalue weighted by Gasteiger charge is -2.21. The van der Waals surface area contributed by atoms with Crippen molar-refractivity contribution in [2.75, 3.05) is 33.3 Å². The Morgan fingerprint density at radius 3 is 2.22 bits per heavy atom. The number of hydrogen-bond donors (Lipinski definition) is 3. The van der Waals surface area contributed by atoms with Crippen molar-refractivity contribution in [3.63, 3.8) is 0 Å². The first-order valence-electron chi connectivity index (χ1n) is 7.80. The summed E-state index contributed by atoms with van der Waals surface area (Å²) in [6.07, 6.45) is 0. The highest BCUT2D eigenvalue weighted by Gasteiger charge is 2.07. The van der Waals surface area contributed by atoms with E-state index in [0.29, 0.717) is 13.2 Å². The van der Waals surface area contributed by atoms with Gasteiger partial charge in [-0.15, -0.1) is 24.0 Å². The average molecular weight is 434 g/mol. The van der Waals surface area contributed by atoms with Gasteiger partial charge in [-0.3, -0.25) is 4.99 Å². The molecular weight excluding hydrogens is 403 g/mol. The molecule has 0 atom stereocenters. The molecule has 23 heavy (non-hydrogen) atoms. The van der Waals surface area contributed by atoms with Gasteiger partial charge in [-0.2, -0.15) is 0 Å². The summed E-state index contributed by atoms with van der Waals surface area (Å²) in [6, 6.07) is 8.07. The smallest absolute Gasteiger partial charge is 0.191 e. The molecular formula is C17H31IN4O. The molecule has 0 spiro atoms. The fraction of sp³-hybridized carbons (Fsp3) is 0.588. The van der Waals surface area contributed by atoms with E-state index >= 15 is 0 Å². The molecule has 132 valence electrons. The quantitative estimate of drug-likeness (QED) is 0.267. The van der Waals surface area contributed by atoms with E-state index in [9.17, 15) is 0 Å². The molecule has 0 aliphatic rings. The van der Waals surface area contributed by atoms with Crippen molar-refractivity contribution in [2.45, 2.75) is 33.2 Å². The Morgan fingerprint density at radius 1 is 1.04 bits per heavy atom. The van der Waals surface area contributed by atoms with E-state index < -0.39 is 0 Å². The first kappa shape index (κ1) is 22.0. The molecule has 0 saturated carbocycles. The Balaban J connectivity index is 0.00000484. The van der Waals surface area contributed by atoms with Gasteiger partial charge in [0, 0.05) is 25.7 Å². The van der Waals surface area contributed by atoms with E-state index in [-0.39, 0.29) is 29.5 Å². The number of benzene rings is 1. The molecule has 0 aliphatic carbocycles. The second kappa shape index (κ2) is 11.5. The van der Waals surface area contributed by atoms with E-state index in [2.05, 4.69) is 48.6 Å². The highest BCUT2D eigenvalue weighted by molar-refractivity contribution is 14.0. The minimum atomic E-state index is 0. The van der Waals surface area contributed by atoms with Crippen LogP contribution in [0.5, 0.6) is 5.75 Å². The molecule has 0 unspecified atom stereocenters. The van der Waals surface area contributed by atoms with Gasteiger partial charge in [-0.25, -0.2) is 0 Å². The number of nitrogens with one attached hydrogen (secondary N) is 3. The molecule has 5 nitrogen and oxygen atoms in total. The minimum absolute atomic E-state index is 0. The summed E-state index contributed by atoms with van der Waals surface area (Å²) >= 11 is 0. The van der Waals surface area contributed by atoms with Gasteiger partial charge in [0.25, 0.3) is 0 Å². The lowest BCUT2D eigenvalue weighted by Crippen LogP contribution is -2.45. The molecule has 0 radical (unpaired) electrons. The number of aryl methyl sites for hydroxylation is 1. The lowest BCUT2D eigenvalue weighted by molar-refractivity contribution is 0.322. The average Bonchev–Trinajstić information content (AvgIpc) is 2.46.